The van der Waals surface area contributed by atoms with Crippen molar-refractivity contribution in [2.75, 3.05) is 5.32 Å². The number of benzene rings is 1. The molecule has 3 heterocycles. The minimum absolute atomic E-state index is 0.200. The summed E-state index contributed by atoms with van der Waals surface area (Å²) in [6, 6.07) is 11.1. The number of hydrogen-bond donors (Lipinski definition) is 1. The van der Waals surface area contributed by atoms with Crippen LogP contribution in [0.5, 0.6) is 0 Å². The standard InChI is InChI=1S/C20H18N6O2S/c1-2-18-23-24-20(29-18)22-17(27)12-26-19(28)15-6-4-3-5-14(15)16(25-26)11-13-7-9-21-10-8-13/h3-10H,2,11-12H2,1H3,(H,22,24,27). The zero-order chi connectivity index (χ0) is 20.2. The molecule has 1 aromatic carbocycles. The number of amides is 1. The molecule has 0 saturated heterocycles. The molecule has 0 aliphatic rings. The number of nitrogens with one attached hydrogen (secondary N) is 1. The Balaban J connectivity index is 1.65. The molecule has 0 saturated carbocycles. The third-order valence-corrected chi connectivity index (χ3v) is 5.36. The average molecular weight is 406 g/mol. The SMILES string of the molecule is CCc1nnc(NC(=O)Cn2nc(Cc3ccncc3)c3ccccc3c2=O)s1. The van der Waals surface area contributed by atoms with E-state index in [0.717, 1.165) is 28.1 Å². The highest BCUT2D eigenvalue weighted by molar-refractivity contribution is 7.15. The third kappa shape index (κ3) is 4.19. The van der Waals surface area contributed by atoms with E-state index in [4.69, 9.17) is 0 Å². The zero-order valence-electron chi connectivity index (χ0n) is 15.7. The van der Waals surface area contributed by atoms with Gasteiger partial charge in [0.1, 0.15) is 11.6 Å². The van der Waals surface area contributed by atoms with Crippen molar-refractivity contribution in [2.45, 2.75) is 26.3 Å². The Kier molecular flexibility index (Phi) is 5.39. The van der Waals surface area contributed by atoms with E-state index in [1.54, 1.807) is 24.5 Å². The topological polar surface area (TPSA) is 103 Å². The molecule has 29 heavy (non-hydrogen) atoms. The molecule has 1 amide bonds. The molecule has 146 valence electrons. The predicted molar refractivity (Wildman–Crippen MR) is 111 cm³/mol. The van der Waals surface area contributed by atoms with Crippen LogP contribution in [0, 0.1) is 0 Å². The van der Waals surface area contributed by atoms with Gasteiger partial charge in [0.2, 0.25) is 11.0 Å². The van der Waals surface area contributed by atoms with Gasteiger partial charge in [-0.05, 0) is 30.2 Å². The Morgan fingerprint density at radius 3 is 2.59 bits per heavy atom. The normalized spacial score (nSPS) is 10.9. The summed E-state index contributed by atoms with van der Waals surface area (Å²) in [5.74, 6) is -0.372. The summed E-state index contributed by atoms with van der Waals surface area (Å²) in [5.41, 5.74) is 1.44. The minimum atomic E-state index is -0.372. The molecule has 9 heteroatoms. The van der Waals surface area contributed by atoms with E-state index in [9.17, 15) is 9.59 Å². The van der Waals surface area contributed by atoms with Crippen LogP contribution in [0.25, 0.3) is 10.8 Å². The van der Waals surface area contributed by atoms with Crippen molar-refractivity contribution >= 4 is 33.1 Å². The van der Waals surface area contributed by atoms with Crippen molar-refractivity contribution in [2.24, 2.45) is 0 Å². The molecular formula is C20H18N6O2S. The van der Waals surface area contributed by atoms with Gasteiger partial charge in [0.05, 0.1) is 11.1 Å². The van der Waals surface area contributed by atoms with Gasteiger partial charge in [0, 0.05) is 24.2 Å². The molecule has 0 aliphatic heterocycles. The molecule has 4 aromatic rings. The molecule has 4 rings (SSSR count). The van der Waals surface area contributed by atoms with Crippen LogP contribution in [-0.2, 0) is 24.2 Å². The van der Waals surface area contributed by atoms with Crippen LogP contribution >= 0.6 is 11.3 Å². The first-order chi connectivity index (χ1) is 14.1. The lowest BCUT2D eigenvalue weighted by molar-refractivity contribution is -0.117. The number of carbonyl (C=O) groups excluding carboxylic acids is 1. The van der Waals surface area contributed by atoms with Gasteiger partial charge in [-0.2, -0.15) is 5.10 Å². The van der Waals surface area contributed by atoms with E-state index in [-0.39, 0.29) is 18.0 Å². The zero-order valence-corrected chi connectivity index (χ0v) is 16.5. The summed E-state index contributed by atoms with van der Waals surface area (Å²) >= 11 is 1.32. The summed E-state index contributed by atoms with van der Waals surface area (Å²) in [5, 5.41) is 17.7. The van der Waals surface area contributed by atoms with Gasteiger partial charge < -0.3 is 0 Å². The number of carbonyl (C=O) groups is 1. The molecule has 0 spiro atoms. The van der Waals surface area contributed by atoms with Crippen molar-refractivity contribution in [3.63, 3.8) is 0 Å². The van der Waals surface area contributed by atoms with Gasteiger partial charge in [-0.25, -0.2) is 4.68 Å². The maximum Gasteiger partial charge on any atom is 0.275 e. The first-order valence-electron chi connectivity index (χ1n) is 9.14. The van der Waals surface area contributed by atoms with Crippen LogP contribution in [-0.4, -0.2) is 30.9 Å². The summed E-state index contributed by atoms with van der Waals surface area (Å²) in [7, 11) is 0. The van der Waals surface area contributed by atoms with Crippen LogP contribution < -0.4 is 10.9 Å². The fraction of sp³-hybridized carbons (Fsp3) is 0.200. The lowest BCUT2D eigenvalue weighted by atomic mass is 10.1. The first-order valence-corrected chi connectivity index (χ1v) is 9.95. The van der Waals surface area contributed by atoms with Gasteiger partial charge in [0.25, 0.3) is 5.56 Å². The number of aryl methyl sites for hydroxylation is 1. The quantitative estimate of drug-likeness (QED) is 0.528. The molecule has 0 fully saturated rings. The second kappa shape index (κ2) is 8.27. The van der Waals surface area contributed by atoms with Gasteiger partial charge in [0.15, 0.2) is 0 Å². The maximum atomic E-state index is 12.9. The lowest BCUT2D eigenvalue weighted by Gasteiger charge is -2.11. The van der Waals surface area contributed by atoms with Crippen molar-refractivity contribution in [1.82, 2.24) is 25.0 Å². The largest absolute Gasteiger partial charge is 0.299 e. The summed E-state index contributed by atoms with van der Waals surface area (Å²) < 4.78 is 1.20. The van der Waals surface area contributed by atoms with Crippen LogP contribution in [0.3, 0.4) is 0 Å². The Labute approximate surface area is 170 Å². The smallest absolute Gasteiger partial charge is 0.275 e. The Hall–Kier alpha value is -3.46. The van der Waals surface area contributed by atoms with E-state index >= 15 is 0 Å². The molecule has 0 radical (unpaired) electrons. The molecule has 1 N–H and O–H groups in total. The fourth-order valence-corrected chi connectivity index (χ4v) is 3.67. The highest BCUT2D eigenvalue weighted by Gasteiger charge is 2.14. The number of rotatable bonds is 6. The summed E-state index contributed by atoms with van der Waals surface area (Å²) in [6.07, 6.45) is 4.71. The first kappa shape index (κ1) is 18.9. The highest BCUT2D eigenvalue weighted by Crippen LogP contribution is 2.17. The van der Waals surface area contributed by atoms with Crippen molar-refractivity contribution in [1.29, 1.82) is 0 Å². The fourth-order valence-electron chi connectivity index (χ4n) is 2.98. The number of aromatic nitrogens is 5. The highest BCUT2D eigenvalue weighted by atomic mass is 32.1. The summed E-state index contributed by atoms with van der Waals surface area (Å²) in [6.45, 7) is 1.77. The molecule has 3 aromatic heterocycles. The lowest BCUT2D eigenvalue weighted by Crippen LogP contribution is -2.30. The van der Waals surface area contributed by atoms with Crippen LogP contribution in [0.15, 0.2) is 53.6 Å². The minimum Gasteiger partial charge on any atom is -0.299 e. The molecule has 0 atom stereocenters. The number of hydrogen-bond acceptors (Lipinski definition) is 7. The van der Waals surface area contributed by atoms with E-state index in [0.29, 0.717) is 16.9 Å². The second-order valence-electron chi connectivity index (χ2n) is 6.39. The predicted octanol–water partition coefficient (Wildman–Crippen LogP) is 2.43. The van der Waals surface area contributed by atoms with E-state index in [1.165, 1.54) is 16.0 Å². The third-order valence-electron chi connectivity index (χ3n) is 4.37. The van der Waals surface area contributed by atoms with Crippen LogP contribution in [0.1, 0.15) is 23.2 Å². The summed E-state index contributed by atoms with van der Waals surface area (Å²) in [4.78, 5) is 29.3. The molecule has 0 bridgehead atoms. The van der Waals surface area contributed by atoms with Crippen LogP contribution in [0.2, 0.25) is 0 Å². The number of pyridine rings is 1. The number of fused-ring (bicyclic) bond motifs is 1. The van der Waals surface area contributed by atoms with Crippen molar-refractivity contribution in [3.8, 4) is 0 Å². The maximum absolute atomic E-state index is 12.9. The molecular weight excluding hydrogens is 388 g/mol. The Bertz CT molecular complexity index is 1220. The number of anilines is 1. The van der Waals surface area contributed by atoms with Gasteiger partial charge in [-0.1, -0.05) is 36.5 Å². The number of nitrogens with zero attached hydrogens (tertiary/aromatic N) is 5. The monoisotopic (exact) mass is 406 g/mol. The van der Waals surface area contributed by atoms with Gasteiger partial charge >= 0.3 is 0 Å². The van der Waals surface area contributed by atoms with E-state index in [1.807, 2.05) is 31.2 Å². The second-order valence-corrected chi connectivity index (χ2v) is 7.45. The average Bonchev–Trinajstić information content (AvgIpc) is 3.19. The molecule has 8 nitrogen and oxygen atoms in total. The molecule has 0 unspecified atom stereocenters. The Morgan fingerprint density at radius 1 is 1.10 bits per heavy atom. The van der Waals surface area contributed by atoms with Crippen LogP contribution in [0.4, 0.5) is 5.13 Å². The Morgan fingerprint density at radius 2 is 1.86 bits per heavy atom. The molecule has 0 aliphatic carbocycles. The van der Waals surface area contributed by atoms with E-state index in [2.05, 4.69) is 25.6 Å². The van der Waals surface area contributed by atoms with E-state index < -0.39 is 0 Å². The van der Waals surface area contributed by atoms with Gasteiger partial charge in [-0.15, -0.1) is 10.2 Å². The van der Waals surface area contributed by atoms with Gasteiger partial charge in [-0.3, -0.25) is 19.9 Å². The van der Waals surface area contributed by atoms with Crippen molar-refractivity contribution in [3.05, 3.63) is 75.4 Å². The van der Waals surface area contributed by atoms with Crippen molar-refractivity contribution < 1.29 is 4.79 Å².